The van der Waals surface area contributed by atoms with E-state index < -0.39 is 11.8 Å². The van der Waals surface area contributed by atoms with Gasteiger partial charge in [0.25, 0.3) is 0 Å². The minimum Gasteiger partial charge on any atom is -0.466 e. The van der Waals surface area contributed by atoms with Crippen LogP contribution >= 0.6 is 0 Å². The van der Waals surface area contributed by atoms with Gasteiger partial charge < -0.3 is 10.5 Å². The standard InChI is InChI=1S/C10H10FNO2/c1-14-10(13)5-2-7-6-8(11)3-4-9(7)12/h2-6H,12H2,1H3. The Balaban J connectivity index is 2.90. The first-order valence-corrected chi connectivity index (χ1v) is 3.94. The molecule has 0 fully saturated rings. The molecule has 0 aromatic heterocycles. The van der Waals surface area contributed by atoms with Gasteiger partial charge in [0.1, 0.15) is 5.82 Å². The number of rotatable bonds is 2. The van der Waals surface area contributed by atoms with Crippen LogP contribution in [-0.4, -0.2) is 13.1 Å². The largest absolute Gasteiger partial charge is 0.466 e. The van der Waals surface area contributed by atoms with Crippen molar-refractivity contribution in [2.24, 2.45) is 0 Å². The maximum absolute atomic E-state index is 12.7. The van der Waals surface area contributed by atoms with Crippen molar-refractivity contribution in [3.05, 3.63) is 35.7 Å². The van der Waals surface area contributed by atoms with Crippen LogP contribution in [0.15, 0.2) is 24.3 Å². The highest BCUT2D eigenvalue weighted by Crippen LogP contribution is 2.14. The van der Waals surface area contributed by atoms with Gasteiger partial charge in [0, 0.05) is 17.3 Å². The molecule has 0 aliphatic heterocycles. The lowest BCUT2D eigenvalue weighted by molar-refractivity contribution is -0.134. The molecule has 0 aliphatic carbocycles. The second-order valence-electron chi connectivity index (χ2n) is 2.63. The fourth-order valence-corrected chi connectivity index (χ4v) is 0.916. The summed E-state index contributed by atoms with van der Waals surface area (Å²) in [6.07, 6.45) is 2.59. The van der Waals surface area contributed by atoms with Crippen LogP contribution < -0.4 is 5.73 Å². The van der Waals surface area contributed by atoms with E-state index in [1.54, 1.807) is 0 Å². The summed E-state index contributed by atoms with van der Waals surface area (Å²) in [6.45, 7) is 0. The number of hydrogen-bond donors (Lipinski definition) is 1. The number of benzene rings is 1. The molecule has 0 amide bonds. The molecule has 74 valence electrons. The number of carbonyl (C=O) groups is 1. The van der Waals surface area contributed by atoms with E-state index in [0.717, 1.165) is 0 Å². The van der Waals surface area contributed by atoms with E-state index in [-0.39, 0.29) is 0 Å². The van der Waals surface area contributed by atoms with Gasteiger partial charge in [-0.25, -0.2) is 9.18 Å². The molecular formula is C10H10FNO2. The number of halogens is 1. The number of nitrogens with two attached hydrogens (primary N) is 1. The van der Waals surface area contributed by atoms with Gasteiger partial charge in [-0.15, -0.1) is 0 Å². The minimum absolute atomic E-state index is 0.399. The number of nitrogen functional groups attached to an aromatic ring is 1. The van der Waals surface area contributed by atoms with Crippen molar-refractivity contribution < 1.29 is 13.9 Å². The Morgan fingerprint density at radius 2 is 2.29 bits per heavy atom. The fraction of sp³-hybridized carbons (Fsp3) is 0.100. The molecule has 0 saturated carbocycles. The maximum Gasteiger partial charge on any atom is 0.330 e. The second-order valence-corrected chi connectivity index (χ2v) is 2.63. The molecular weight excluding hydrogens is 185 g/mol. The first-order valence-electron chi connectivity index (χ1n) is 3.94. The molecule has 0 heterocycles. The van der Waals surface area contributed by atoms with Gasteiger partial charge in [-0.1, -0.05) is 0 Å². The Bertz CT molecular complexity index is 374. The quantitative estimate of drug-likeness (QED) is 0.443. The van der Waals surface area contributed by atoms with Gasteiger partial charge in [0.15, 0.2) is 0 Å². The number of carbonyl (C=O) groups excluding carboxylic acids is 1. The number of ether oxygens (including phenoxy) is 1. The number of hydrogen-bond acceptors (Lipinski definition) is 3. The zero-order valence-corrected chi connectivity index (χ0v) is 7.66. The van der Waals surface area contributed by atoms with E-state index in [2.05, 4.69) is 4.74 Å². The first-order chi connectivity index (χ1) is 6.63. The van der Waals surface area contributed by atoms with Gasteiger partial charge >= 0.3 is 5.97 Å². The lowest BCUT2D eigenvalue weighted by Crippen LogP contribution is -1.95. The highest BCUT2D eigenvalue weighted by atomic mass is 19.1. The van der Waals surface area contributed by atoms with Crippen LogP contribution in [0.3, 0.4) is 0 Å². The molecule has 0 radical (unpaired) electrons. The van der Waals surface area contributed by atoms with Crippen molar-refractivity contribution in [1.29, 1.82) is 0 Å². The SMILES string of the molecule is COC(=O)C=Cc1cc(F)ccc1N. The number of anilines is 1. The lowest BCUT2D eigenvalue weighted by atomic mass is 10.1. The second kappa shape index (κ2) is 4.41. The zero-order chi connectivity index (χ0) is 10.6. The van der Waals surface area contributed by atoms with Crippen LogP contribution in [0.2, 0.25) is 0 Å². The van der Waals surface area contributed by atoms with Crippen molar-refractivity contribution in [1.82, 2.24) is 0 Å². The molecule has 1 aromatic carbocycles. The van der Waals surface area contributed by atoms with Crippen LogP contribution in [0.1, 0.15) is 5.56 Å². The summed E-state index contributed by atoms with van der Waals surface area (Å²) in [6, 6.07) is 3.94. The van der Waals surface area contributed by atoms with E-state index in [0.29, 0.717) is 11.3 Å². The van der Waals surface area contributed by atoms with Crippen molar-refractivity contribution in [3.63, 3.8) is 0 Å². The topological polar surface area (TPSA) is 52.3 Å². The van der Waals surface area contributed by atoms with Gasteiger partial charge in [0.2, 0.25) is 0 Å². The highest BCUT2D eigenvalue weighted by Gasteiger charge is 1.98. The summed E-state index contributed by atoms with van der Waals surface area (Å²) < 4.78 is 17.1. The summed E-state index contributed by atoms with van der Waals surface area (Å²) in [4.78, 5) is 10.7. The van der Waals surface area contributed by atoms with Crippen molar-refractivity contribution in [3.8, 4) is 0 Å². The Labute approximate surface area is 81.0 Å². The fourth-order valence-electron chi connectivity index (χ4n) is 0.916. The normalized spacial score (nSPS) is 10.4. The third-order valence-electron chi connectivity index (χ3n) is 1.65. The Kier molecular flexibility index (Phi) is 3.23. The number of esters is 1. The molecule has 0 saturated heterocycles. The molecule has 14 heavy (non-hydrogen) atoms. The Hall–Kier alpha value is -1.84. The van der Waals surface area contributed by atoms with E-state index in [9.17, 15) is 9.18 Å². The predicted molar refractivity (Wildman–Crippen MR) is 51.9 cm³/mol. The summed E-state index contributed by atoms with van der Waals surface area (Å²) in [7, 11) is 1.27. The molecule has 0 unspecified atom stereocenters. The van der Waals surface area contributed by atoms with Crippen molar-refractivity contribution in [2.75, 3.05) is 12.8 Å². The van der Waals surface area contributed by atoms with Crippen LogP contribution in [0.25, 0.3) is 6.08 Å². The zero-order valence-electron chi connectivity index (χ0n) is 7.66. The highest BCUT2D eigenvalue weighted by molar-refractivity contribution is 5.88. The van der Waals surface area contributed by atoms with Gasteiger partial charge in [0.05, 0.1) is 7.11 Å². The Morgan fingerprint density at radius 1 is 1.57 bits per heavy atom. The van der Waals surface area contributed by atoms with Gasteiger partial charge in [-0.05, 0) is 24.3 Å². The molecule has 1 aromatic rings. The van der Waals surface area contributed by atoms with Crippen LogP contribution in [0.5, 0.6) is 0 Å². The molecule has 0 bridgehead atoms. The third kappa shape index (κ3) is 2.58. The molecule has 1 rings (SSSR count). The van der Waals surface area contributed by atoms with E-state index in [4.69, 9.17) is 5.73 Å². The summed E-state index contributed by atoms with van der Waals surface area (Å²) in [5.74, 6) is -0.905. The minimum atomic E-state index is -0.506. The van der Waals surface area contributed by atoms with E-state index in [1.807, 2.05) is 0 Å². The van der Waals surface area contributed by atoms with E-state index in [1.165, 1.54) is 37.5 Å². The van der Waals surface area contributed by atoms with Crippen molar-refractivity contribution >= 4 is 17.7 Å². The predicted octanol–water partition coefficient (Wildman–Crippen LogP) is 1.59. The van der Waals surface area contributed by atoms with Gasteiger partial charge in [-0.2, -0.15) is 0 Å². The Morgan fingerprint density at radius 3 is 2.93 bits per heavy atom. The maximum atomic E-state index is 12.7. The van der Waals surface area contributed by atoms with Crippen LogP contribution in [0, 0.1) is 5.82 Å². The average Bonchev–Trinajstić information content (AvgIpc) is 2.19. The molecule has 4 heteroatoms. The molecule has 3 nitrogen and oxygen atoms in total. The lowest BCUT2D eigenvalue weighted by Gasteiger charge is -1.99. The monoisotopic (exact) mass is 195 g/mol. The average molecular weight is 195 g/mol. The van der Waals surface area contributed by atoms with Crippen LogP contribution in [0.4, 0.5) is 10.1 Å². The molecule has 0 atom stereocenters. The number of methoxy groups -OCH3 is 1. The summed E-state index contributed by atoms with van der Waals surface area (Å²) in [5, 5.41) is 0. The summed E-state index contributed by atoms with van der Waals surface area (Å²) >= 11 is 0. The molecule has 2 N–H and O–H groups in total. The van der Waals surface area contributed by atoms with Crippen LogP contribution in [-0.2, 0) is 9.53 Å². The summed E-state index contributed by atoms with van der Waals surface area (Å²) in [5.41, 5.74) is 6.41. The van der Waals surface area contributed by atoms with Gasteiger partial charge in [-0.3, -0.25) is 0 Å². The smallest absolute Gasteiger partial charge is 0.330 e. The first kappa shape index (κ1) is 10.2. The third-order valence-corrected chi connectivity index (χ3v) is 1.65. The molecule has 0 aliphatic rings. The molecule has 0 spiro atoms. The van der Waals surface area contributed by atoms with Crippen molar-refractivity contribution in [2.45, 2.75) is 0 Å². The van der Waals surface area contributed by atoms with E-state index >= 15 is 0 Å².